The van der Waals surface area contributed by atoms with E-state index in [0.29, 0.717) is 36.6 Å². The molecule has 1 aromatic heterocycles. The van der Waals surface area contributed by atoms with Crippen molar-refractivity contribution in [3.05, 3.63) is 64.8 Å². The summed E-state index contributed by atoms with van der Waals surface area (Å²) in [6, 6.07) is 15.2. The van der Waals surface area contributed by atoms with Crippen molar-refractivity contribution in [3.8, 4) is 5.69 Å². The topological polar surface area (TPSA) is 79.3 Å². The van der Waals surface area contributed by atoms with Crippen LogP contribution in [0.3, 0.4) is 0 Å². The molecule has 8 heteroatoms. The molecule has 172 valence electrons. The molecule has 1 saturated heterocycles. The van der Waals surface area contributed by atoms with Gasteiger partial charge in [0, 0.05) is 36.6 Å². The van der Waals surface area contributed by atoms with Gasteiger partial charge in [-0.1, -0.05) is 29.8 Å². The number of piperidine rings is 1. The largest absolute Gasteiger partial charge is 0.355 e. The first-order chi connectivity index (χ1) is 15.8. The minimum atomic E-state index is -0.150. The van der Waals surface area contributed by atoms with Crippen molar-refractivity contribution in [1.82, 2.24) is 9.78 Å². The Morgan fingerprint density at radius 2 is 1.67 bits per heavy atom. The maximum Gasteiger partial charge on any atom is 0.227 e. The summed E-state index contributed by atoms with van der Waals surface area (Å²) in [6.07, 6.45) is 1.42. The Morgan fingerprint density at radius 1 is 1.00 bits per heavy atom. The molecule has 0 radical (unpaired) electrons. The number of hydrogen-bond acceptors (Lipinski definition) is 4. The lowest BCUT2D eigenvalue weighted by atomic mass is 9.95. The van der Waals surface area contributed by atoms with Gasteiger partial charge in [-0.15, -0.1) is 0 Å². The van der Waals surface area contributed by atoms with Gasteiger partial charge in [-0.3, -0.25) is 9.59 Å². The van der Waals surface area contributed by atoms with Crippen LogP contribution in [-0.2, 0) is 9.59 Å². The number of rotatable bonds is 5. The summed E-state index contributed by atoms with van der Waals surface area (Å²) in [5, 5.41) is 11.4. The molecule has 0 bridgehead atoms. The molecule has 0 spiro atoms. The number of amides is 2. The van der Waals surface area contributed by atoms with E-state index in [-0.39, 0.29) is 17.7 Å². The highest BCUT2D eigenvalue weighted by atomic mass is 35.5. The first-order valence-electron chi connectivity index (χ1n) is 11.1. The zero-order chi connectivity index (χ0) is 23.5. The molecule has 2 N–H and O–H groups in total. The fourth-order valence-electron chi connectivity index (χ4n) is 4.19. The van der Waals surface area contributed by atoms with Crippen LogP contribution < -0.4 is 15.5 Å². The Bertz CT molecular complexity index is 1160. The van der Waals surface area contributed by atoms with E-state index >= 15 is 0 Å². The monoisotopic (exact) mass is 465 g/mol. The van der Waals surface area contributed by atoms with Crippen LogP contribution in [0.1, 0.15) is 31.0 Å². The number of halogens is 1. The summed E-state index contributed by atoms with van der Waals surface area (Å²) < 4.78 is 1.84. The van der Waals surface area contributed by atoms with Gasteiger partial charge in [0.25, 0.3) is 0 Å². The number of aryl methyl sites for hydroxylation is 2. The van der Waals surface area contributed by atoms with Gasteiger partial charge in [-0.05, 0) is 62.6 Å². The van der Waals surface area contributed by atoms with Crippen molar-refractivity contribution in [2.75, 3.05) is 28.6 Å². The van der Waals surface area contributed by atoms with Gasteiger partial charge in [-0.2, -0.15) is 5.10 Å². The van der Waals surface area contributed by atoms with Crippen LogP contribution in [0.2, 0.25) is 5.02 Å². The Morgan fingerprint density at radius 3 is 2.30 bits per heavy atom. The SMILES string of the molecule is CC(=O)Nc1c(C)nn(-c2ccc(Cl)cc2)c1N1CCC(C(=O)Nc2ccccc2C)CC1. The van der Waals surface area contributed by atoms with Gasteiger partial charge < -0.3 is 15.5 Å². The zero-order valence-corrected chi connectivity index (χ0v) is 19.8. The third kappa shape index (κ3) is 5.03. The van der Waals surface area contributed by atoms with Crippen molar-refractivity contribution < 1.29 is 9.59 Å². The number of carbonyl (C=O) groups excluding carboxylic acids is 2. The van der Waals surface area contributed by atoms with E-state index in [0.717, 1.165) is 28.5 Å². The number of hydrogen-bond donors (Lipinski definition) is 2. The van der Waals surface area contributed by atoms with E-state index in [9.17, 15) is 9.59 Å². The normalized spacial score (nSPS) is 14.2. The van der Waals surface area contributed by atoms with Crippen molar-refractivity contribution >= 4 is 40.6 Å². The van der Waals surface area contributed by atoms with E-state index in [1.807, 2.05) is 67.1 Å². The lowest BCUT2D eigenvalue weighted by Crippen LogP contribution is -2.39. The van der Waals surface area contributed by atoms with Crippen LogP contribution in [0.4, 0.5) is 17.2 Å². The van der Waals surface area contributed by atoms with Gasteiger partial charge in [0.05, 0.1) is 11.4 Å². The number of nitrogens with zero attached hydrogens (tertiary/aromatic N) is 3. The van der Waals surface area contributed by atoms with E-state index in [2.05, 4.69) is 15.5 Å². The Balaban J connectivity index is 1.55. The van der Waals surface area contributed by atoms with Gasteiger partial charge in [-0.25, -0.2) is 4.68 Å². The summed E-state index contributed by atoms with van der Waals surface area (Å²) in [5.74, 6) is 0.650. The number of anilines is 3. The maximum atomic E-state index is 12.9. The molecule has 0 aliphatic carbocycles. The summed E-state index contributed by atoms with van der Waals surface area (Å²) in [6.45, 7) is 6.71. The van der Waals surface area contributed by atoms with Gasteiger partial charge in [0.2, 0.25) is 11.8 Å². The van der Waals surface area contributed by atoms with E-state index in [4.69, 9.17) is 16.7 Å². The standard InChI is InChI=1S/C25H28ClN5O2/c1-16-6-4-5-7-22(16)28-24(33)19-12-14-30(15-13-19)25-23(27-18(3)32)17(2)29-31(25)21-10-8-20(26)9-11-21/h4-11,19H,12-15H2,1-3H3,(H,27,32)(H,28,33). The molecule has 1 fully saturated rings. The van der Waals surface area contributed by atoms with Crippen LogP contribution in [0.15, 0.2) is 48.5 Å². The highest BCUT2D eigenvalue weighted by Crippen LogP contribution is 2.35. The Kier molecular flexibility index (Phi) is 6.70. The molecule has 1 aliphatic heterocycles. The number of carbonyl (C=O) groups is 2. The molecule has 0 unspecified atom stereocenters. The third-order valence-corrected chi connectivity index (χ3v) is 6.23. The van der Waals surface area contributed by atoms with Crippen LogP contribution in [0.5, 0.6) is 0 Å². The van der Waals surface area contributed by atoms with Gasteiger partial charge in [0.15, 0.2) is 5.82 Å². The molecular weight excluding hydrogens is 438 g/mol. The van der Waals surface area contributed by atoms with Crippen molar-refractivity contribution in [2.45, 2.75) is 33.6 Å². The maximum absolute atomic E-state index is 12.9. The molecule has 2 heterocycles. The molecule has 7 nitrogen and oxygen atoms in total. The highest BCUT2D eigenvalue weighted by molar-refractivity contribution is 6.30. The first-order valence-corrected chi connectivity index (χ1v) is 11.5. The fourth-order valence-corrected chi connectivity index (χ4v) is 4.32. The molecule has 2 amide bonds. The quantitative estimate of drug-likeness (QED) is 0.558. The lowest BCUT2D eigenvalue weighted by Gasteiger charge is -2.33. The minimum Gasteiger partial charge on any atom is -0.355 e. The van der Waals surface area contributed by atoms with Crippen LogP contribution in [0.25, 0.3) is 5.69 Å². The Labute approximate surface area is 198 Å². The molecular formula is C25H28ClN5O2. The molecule has 0 saturated carbocycles. The molecule has 2 aromatic carbocycles. The van der Waals surface area contributed by atoms with E-state index in [1.165, 1.54) is 6.92 Å². The van der Waals surface area contributed by atoms with Crippen molar-refractivity contribution in [3.63, 3.8) is 0 Å². The number of nitrogens with one attached hydrogen (secondary N) is 2. The number of para-hydroxylation sites is 1. The summed E-state index contributed by atoms with van der Waals surface area (Å²) in [5.41, 5.74) is 4.18. The van der Waals surface area contributed by atoms with Crippen LogP contribution in [0, 0.1) is 19.8 Å². The van der Waals surface area contributed by atoms with Crippen molar-refractivity contribution in [1.29, 1.82) is 0 Å². The summed E-state index contributed by atoms with van der Waals surface area (Å²) >= 11 is 6.07. The van der Waals surface area contributed by atoms with Crippen molar-refractivity contribution in [2.24, 2.45) is 5.92 Å². The predicted molar refractivity (Wildman–Crippen MR) is 132 cm³/mol. The molecule has 3 aromatic rings. The van der Waals surface area contributed by atoms with Gasteiger partial charge >= 0.3 is 0 Å². The summed E-state index contributed by atoms with van der Waals surface area (Å²) in [7, 11) is 0. The molecule has 4 rings (SSSR count). The predicted octanol–water partition coefficient (Wildman–Crippen LogP) is 4.96. The smallest absolute Gasteiger partial charge is 0.227 e. The lowest BCUT2D eigenvalue weighted by molar-refractivity contribution is -0.120. The average Bonchev–Trinajstić information content (AvgIpc) is 3.11. The molecule has 0 atom stereocenters. The van der Waals surface area contributed by atoms with E-state index < -0.39 is 0 Å². The Hall–Kier alpha value is -3.32. The first kappa shape index (κ1) is 22.9. The van der Waals surface area contributed by atoms with Crippen LogP contribution >= 0.6 is 11.6 Å². The second-order valence-electron chi connectivity index (χ2n) is 8.42. The zero-order valence-electron chi connectivity index (χ0n) is 19.1. The van der Waals surface area contributed by atoms with Gasteiger partial charge in [0.1, 0.15) is 5.69 Å². The molecule has 1 aliphatic rings. The average molecular weight is 466 g/mol. The van der Waals surface area contributed by atoms with E-state index in [1.54, 1.807) is 0 Å². The van der Waals surface area contributed by atoms with Crippen LogP contribution in [-0.4, -0.2) is 34.7 Å². The summed E-state index contributed by atoms with van der Waals surface area (Å²) in [4.78, 5) is 27.0. The third-order valence-electron chi connectivity index (χ3n) is 5.98. The fraction of sp³-hybridized carbons (Fsp3) is 0.320. The number of aromatic nitrogens is 2. The second-order valence-corrected chi connectivity index (χ2v) is 8.86. The molecule has 33 heavy (non-hydrogen) atoms. The highest BCUT2D eigenvalue weighted by Gasteiger charge is 2.30. The second kappa shape index (κ2) is 9.67. The minimum absolute atomic E-state index is 0.0495. The number of benzene rings is 2.